The molecular formula is C52H61F21O9Si. The number of carbonyl (C=O) groups is 3. The lowest BCUT2D eigenvalue weighted by atomic mass is 9.69. The van der Waals surface area contributed by atoms with Gasteiger partial charge in [-0.3, -0.25) is 0 Å². The number of ether oxygens (including phenoxy) is 3. The first-order chi connectivity index (χ1) is 36.9. The molecule has 0 saturated heterocycles. The summed E-state index contributed by atoms with van der Waals surface area (Å²) in [5.74, 6) is -6.75. The number of benzene rings is 2. The van der Waals surface area contributed by atoms with Gasteiger partial charge in [0, 0.05) is 42.7 Å². The first-order valence-corrected chi connectivity index (χ1v) is 27.7. The Balaban J connectivity index is 0.00000112. The Labute approximate surface area is 463 Å². The molecule has 0 bridgehead atoms. The van der Waals surface area contributed by atoms with Crippen LogP contribution < -0.4 is 0 Å². The van der Waals surface area contributed by atoms with Crippen LogP contribution in [0.5, 0.6) is 0 Å². The van der Waals surface area contributed by atoms with E-state index in [4.69, 9.17) is 14.6 Å². The molecule has 83 heavy (non-hydrogen) atoms. The molecule has 0 atom stereocenters. The van der Waals surface area contributed by atoms with Crippen molar-refractivity contribution in [2.24, 2.45) is 11.8 Å². The average Bonchev–Trinajstić information content (AvgIpc) is 3.31. The Hall–Kier alpha value is -5.56. The molecule has 1 saturated carbocycles. The minimum atomic E-state index is -6.22. The summed E-state index contributed by atoms with van der Waals surface area (Å²) in [6.45, 7) is 25.5. The summed E-state index contributed by atoms with van der Waals surface area (Å²) in [7, 11) is -0.970. The van der Waals surface area contributed by atoms with Crippen LogP contribution in [0, 0.1) is 11.8 Å². The van der Waals surface area contributed by atoms with Gasteiger partial charge in [0.15, 0.2) is 0 Å². The first-order valence-electron chi connectivity index (χ1n) is 24.0. The highest BCUT2D eigenvalue weighted by Crippen LogP contribution is 2.56. The van der Waals surface area contributed by atoms with Crippen LogP contribution in [0.1, 0.15) is 82.1 Å². The molecule has 0 amide bonds. The van der Waals surface area contributed by atoms with Crippen molar-refractivity contribution in [2.45, 2.75) is 158 Å². The van der Waals surface area contributed by atoms with E-state index in [0.29, 0.717) is 47.6 Å². The summed E-state index contributed by atoms with van der Waals surface area (Å²) in [5, 5.41) is 28.2. The van der Waals surface area contributed by atoms with Gasteiger partial charge in [0.05, 0.1) is 18.8 Å². The summed E-state index contributed by atoms with van der Waals surface area (Å²) in [6.07, 6.45) is -41.3. The van der Waals surface area contributed by atoms with E-state index in [1.54, 1.807) is 6.92 Å². The Morgan fingerprint density at radius 3 is 1.17 bits per heavy atom. The first kappa shape index (κ1) is 77.4. The second-order valence-corrected chi connectivity index (χ2v) is 26.1. The van der Waals surface area contributed by atoms with Gasteiger partial charge in [-0.25, -0.2) is 14.4 Å². The van der Waals surface area contributed by atoms with E-state index >= 15 is 0 Å². The maximum absolute atomic E-state index is 13.5. The number of alkyl halides is 21. The molecule has 31 heteroatoms. The zero-order valence-corrected chi connectivity index (χ0v) is 46.3. The highest BCUT2D eigenvalue weighted by atomic mass is 28.3. The van der Waals surface area contributed by atoms with Crippen LogP contribution in [0.15, 0.2) is 91.6 Å². The van der Waals surface area contributed by atoms with Crippen molar-refractivity contribution in [2.75, 3.05) is 13.2 Å². The maximum Gasteiger partial charge on any atom is 0.437 e. The van der Waals surface area contributed by atoms with Gasteiger partial charge in [-0.1, -0.05) is 107 Å². The normalized spacial score (nSPS) is 16.0. The van der Waals surface area contributed by atoms with Crippen molar-refractivity contribution in [1.82, 2.24) is 0 Å². The highest BCUT2D eigenvalue weighted by molar-refractivity contribution is 6.76. The highest BCUT2D eigenvalue weighted by Gasteiger charge is 2.78. The molecule has 2 aromatic carbocycles. The largest absolute Gasteiger partial charge is 0.462 e. The molecule has 0 radical (unpaired) electrons. The minimum Gasteiger partial charge on any atom is -0.462 e. The third-order valence-electron chi connectivity index (χ3n) is 12.2. The molecule has 1 aliphatic rings. The van der Waals surface area contributed by atoms with E-state index < -0.39 is 127 Å². The topological polar surface area (TPSA) is 140 Å². The van der Waals surface area contributed by atoms with Crippen LogP contribution in [0.2, 0.25) is 25.7 Å². The van der Waals surface area contributed by atoms with E-state index in [9.17, 15) is 117 Å². The summed E-state index contributed by atoms with van der Waals surface area (Å²) in [5.41, 5.74) is -20.1. The van der Waals surface area contributed by atoms with Crippen molar-refractivity contribution in [3.63, 3.8) is 0 Å². The molecule has 0 aromatic heterocycles. The number of aliphatic hydroxyl groups is 3. The van der Waals surface area contributed by atoms with Gasteiger partial charge in [0.2, 0.25) is 0 Å². The van der Waals surface area contributed by atoms with Gasteiger partial charge in [-0.2, -0.15) is 92.2 Å². The molecule has 1 aliphatic carbocycles. The molecule has 474 valence electrons. The summed E-state index contributed by atoms with van der Waals surface area (Å²) < 4.78 is 283. The van der Waals surface area contributed by atoms with Crippen molar-refractivity contribution in [3.8, 4) is 0 Å². The van der Waals surface area contributed by atoms with Crippen LogP contribution >= 0.6 is 0 Å². The molecule has 9 nitrogen and oxygen atoms in total. The van der Waals surface area contributed by atoms with Crippen molar-refractivity contribution in [1.29, 1.82) is 0 Å². The number of rotatable bonds is 16. The number of hydrogen-bond acceptors (Lipinski definition) is 9. The predicted octanol–water partition coefficient (Wildman–Crippen LogP) is 15.2. The van der Waals surface area contributed by atoms with E-state index in [2.05, 4.69) is 50.7 Å². The lowest BCUT2D eigenvalue weighted by molar-refractivity contribution is -0.388. The van der Waals surface area contributed by atoms with E-state index in [1.807, 2.05) is 0 Å². The Morgan fingerprint density at radius 1 is 0.542 bits per heavy atom. The van der Waals surface area contributed by atoms with Gasteiger partial charge in [0.1, 0.15) is 5.57 Å². The molecule has 1 fully saturated rings. The fourth-order valence-electron chi connectivity index (χ4n) is 7.38. The number of carbonyl (C=O) groups excluding carboxylic acids is 3. The number of esters is 3. The van der Waals surface area contributed by atoms with Crippen LogP contribution in [0.25, 0.3) is 6.08 Å². The Kier molecular flexibility index (Phi) is 26.6. The Bertz CT molecular complexity index is 2440. The number of hydrogen-bond donors (Lipinski definition) is 3. The van der Waals surface area contributed by atoms with Gasteiger partial charge in [-0.15, -0.1) is 0 Å². The van der Waals surface area contributed by atoms with Crippen LogP contribution in [-0.2, 0) is 46.2 Å². The molecular weight excluding hydrogens is 1200 g/mol. The van der Waals surface area contributed by atoms with E-state index in [0.717, 1.165) is 30.7 Å². The van der Waals surface area contributed by atoms with Crippen molar-refractivity contribution in [3.05, 3.63) is 114 Å². The molecule has 0 heterocycles. The fourth-order valence-corrected chi connectivity index (χ4v) is 8.58. The van der Waals surface area contributed by atoms with Crippen LogP contribution in [-0.4, -0.2) is 109 Å². The molecule has 0 spiro atoms. The minimum absolute atomic E-state index is 0.0791. The summed E-state index contributed by atoms with van der Waals surface area (Å²) >= 11 is 0. The molecule has 2 aromatic rings. The third-order valence-corrected chi connectivity index (χ3v) is 14.0. The van der Waals surface area contributed by atoms with Crippen molar-refractivity contribution >= 4 is 32.1 Å². The zero-order valence-electron chi connectivity index (χ0n) is 45.3. The smallest absolute Gasteiger partial charge is 0.437 e. The lowest BCUT2D eigenvalue weighted by Gasteiger charge is -2.46. The molecule has 3 N–H and O–H groups in total. The second-order valence-electron chi connectivity index (χ2n) is 20.5. The summed E-state index contributed by atoms with van der Waals surface area (Å²) in [4.78, 5) is 33.6. The molecule has 3 rings (SSSR count). The molecule has 0 aliphatic heterocycles. The monoisotopic (exact) mass is 1260 g/mol. The average molecular weight is 1260 g/mol. The molecule has 0 unspecified atom stereocenters. The van der Waals surface area contributed by atoms with Gasteiger partial charge >= 0.3 is 66.7 Å². The second kappa shape index (κ2) is 28.5. The lowest BCUT2D eigenvalue weighted by Crippen LogP contribution is -2.65. The SMILES string of the molecule is C=C(C(=O)OC(C1CCC(C(C)(C)O)CC1)(C(F)(F)F)C(F)(F)F)C(F)(F)F.C=C(C)C(=O)OCCC[Si](C)(C)C.C=C(C)C(=O)OCCc1ccc(C(O)(C(F)(F)F)C(F)(F)F)cc1.C=Cc1ccc(C(O)(C(F)(F)F)C(F)(F)F)cc1. The van der Waals surface area contributed by atoms with Crippen LogP contribution in [0.3, 0.4) is 0 Å². The van der Waals surface area contributed by atoms with E-state index in [1.165, 1.54) is 32.9 Å². The van der Waals surface area contributed by atoms with Gasteiger partial charge < -0.3 is 29.5 Å². The zero-order chi connectivity index (χ0) is 65.8. The maximum atomic E-state index is 13.5. The van der Waals surface area contributed by atoms with Crippen molar-refractivity contribution < 1.29 is 136 Å². The quantitative estimate of drug-likeness (QED) is 0.0374. The van der Waals surface area contributed by atoms with E-state index in [-0.39, 0.29) is 37.4 Å². The summed E-state index contributed by atoms with van der Waals surface area (Å²) in [6, 6.07) is 7.41. The van der Waals surface area contributed by atoms with Crippen LogP contribution in [0.4, 0.5) is 92.2 Å². The fraction of sp³-hybridized carbons (Fsp3) is 0.558. The third kappa shape index (κ3) is 21.2. The van der Waals surface area contributed by atoms with Gasteiger partial charge in [-0.05, 0) is 76.8 Å². The van der Waals surface area contributed by atoms with Gasteiger partial charge in [0.25, 0.3) is 11.2 Å². The Morgan fingerprint density at radius 2 is 0.880 bits per heavy atom. The predicted molar refractivity (Wildman–Crippen MR) is 261 cm³/mol. The standard InChI is InChI=1S/C16H19F9O3.C15H14F6O3.C11H8F6O.C10H20O2Si/c1-8(14(17,18)19)11(26)28-13(15(20,21)22,16(23,24)25)10-6-4-9(5-7-10)12(2,3)27;1-9(2)12(22)24-8-7-10-3-5-11(6-4-10)13(23,14(16,17)18)15(19,20)21;1-2-7-3-5-8(6-4-7)9(18,10(12,13)14)11(15,16)17;1-9(2)10(11)12-7-6-8-13(3,4)5/h9-10,27H,1,4-7H2,2-3H3;3-6,23H,1,7-8H2,2H3;2-6,18H,1H2;1,6-8H2,2-5H3. The number of halogens is 21.